The first-order valence-corrected chi connectivity index (χ1v) is 8.63. The molecule has 2 rings (SSSR count). The van der Waals surface area contributed by atoms with Crippen molar-refractivity contribution >= 4 is 33.8 Å². The topological polar surface area (TPSA) is 67.4 Å². The minimum Gasteiger partial charge on any atom is -0.496 e. The van der Waals surface area contributed by atoms with Gasteiger partial charge >= 0.3 is 0 Å². The van der Waals surface area contributed by atoms with Gasteiger partial charge in [-0.2, -0.15) is 0 Å². The zero-order valence-electron chi connectivity index (χ0n) is 14.6. The predicted octanol–water partition coefficient (Wildman–Crippen LogP) is 3.35. The molecule has 0 saturated carbocycles. The summed E-state index contributed by atoms with van der Waals surface area (Å²) in [5.74, 6) is -2.74. The lowest BCUT2D eigenvalue weighted by Crippen LogP contribution is -2.38. The van der Waals surface area contributed by atoms with Crippen LogP contribution in [0.15, 0.2) is 46.9 Å². The van der Waals surface area contributed by atoms with Gasteiger partial charge in [-0.1, -0.05) is 22.0 Å². The van der Waals surface area contributed by atoms with Crippen molar-refractivity contribution in [2.45, 2.75) is 6.04 Å². The highest BCUT2D eigenvalue weighted by Gasteiger charge is 2.22. The lowest BCUT2D eigenvalue weighted by Gasteiger charge is -2.17. The average Bonchev–Trinajstić information content (AvgIpc) is 2.66. The van der Waals surface area contributed by atoms with Gasteiger partial charge in [-0.3, -0.25) is 9.59 Å². The van der Waals surface area contributed by atoms with Crippen molar-refractivity contribution in [1.29, 1.82) is 0 Å². The molecule has 0 spiro atoms. The van der Waals surface area contributed by atoms with E-state index in [1.54, 1.807) is 18.2 Å². The normalized spacial score (nSPS) is 11.9. The highest BCUT2D eigenvalue weighted by Crippen LogP contribution is 2.24. The Balaban J connectivity index is 2.22. The van der Waals surface area contributed by atoms with Gasteiger partial charge in [0.25, 0.3) is 0 Å². The molecule has 0 aliphatic rings. The number of methoxy groups -OCH3 is 1. The SMILES string of the molecule is CNC(=O)C(NC(=O)/C=C/c1cc(Br)ccc1OC)c1ccc(F)c(F)c1. The lowest BCUT2D eigenvalue weighted by atomic mass is 10.1. The van der Waals surface area contributed by atoms with Crippen LogP contribution in [0.1, 0.15) is 17.2 Å². The number of likely N-dealkylation sites (N-methyl/N-ethyl adjacent to an activating group) is 1. The van der Waals surface area contributed by atoms with Gasteiger partial charge in [0, 0.05) is 23.2 Å². The van der Waals surface area contributed by atoms with Gasteiger partial charge < -0.3 is 15.4 Å². The first kappa shape index (κ1) is 20.6. The summed E-state index contributed by atoms with van der Waals surface area (Å²) < 4.78 is 32.6. The van der Waals surface area contributed by atoms with Crippen LogP contribution in [-0.4, -0.2) is 26.0 Å². The second-order valence-electron chi connectivity index (χ2n) is 5.45. The van der Waals surface area contributed by atoms with Gasteiger partial charge in [0.2, 0.25) is 11.8 Å². The molecule has 142 valence electrons. The molecule has 8 heteroatoms. The fourth-order valence-electron chi connectivity index (χ4n) is 2.33. The Hall–Kier alpha value is -2.74. The van der Waals surface area contributed by atoms with Crippen molar-refractivity contribution in [1.82, 2.24) is 10.6 Å². The number of carbonyl (C=O) groups excluding carboxylic acids is 2. The van der Waals surface area contributed by atoms with Crippen molar-refractivity contribution in [2.24, 2.45) is 0 Å². The molecule has 0 saturated heterocycles. The van der Waals surface area contributed by atoms with E-state index in [1.807, 2.05) is 0 Å². The van der Waals surface area contributed by atoms with Crippen molar-refractivity contribution in [3.05, 3.63) is 69.7 Å². The van der Waals surface area contributed by atoms with E-state index < -0.39 is 29.5 Å². The molecule has 0 bridgehead atoms. The molecule has 0 heterocycles. The first-order chi connectivity index (χ1) is 12.8. The summed E-state index contributed by atoms with van der Waals surface area (Å²) in [7, 11) is 2.88. The third-order valence-electron chi connectivity index (χ3n) is 3.68. The summed E-state index contributed by atoms with van der Waals surface area (Å²) in [5.41, 5.74) is 0.765. The molecule has 27 heavy (non-hydrogen) atoms. The van der Waals surface area contributed by atoms with Crippen LogP contribution in [0.4, 0.5) is 8.78 Å². The number of carbonyl (C=O) groups is 2. The van der Waals surface area contributed by atoms with Crippen LogP contribution < -0.4 is 15.4 Å². The highest BCUT2D eigenvalue weighted by atomic mass is 79.9. The van der Waals surface area contributed by atoms with E-state index in [-0.39, 0.29) is 5.56 Å². The van der Waals surface area contributed by atoms with Crippen molar-refractivity contribution < 1.29 is 23.1 Å². The number of benzene rings is 2. The summed E-state index contributed by atoms with van der Waals surface area (Å²) >= 11 is 3.34. The summed E-state index contributed by atoms with van der Waals surface area (Å²) in [5, 5.41) is 4.86. The maximum absolute atomic E-state index is 13.5. The van der Waals surface area contributed by atoms with Crippen LogP contribution in [-0.2, 0) is 9.59 Å². The zero-order valence-corrected chi connectivity index (χ0v) is 16.1. The molecular weight excluding hydrogens is 422 g/mol. The molecular formula is C19H17BrF2N2O3. The van der Waals surface area contributed by atoms with Crippen LogP contribution in [0.2, 0.25) is 0 Å². The lowest BCUT2D eigenvalue weighted by molar-refractivity contribution is -0.126. The molecule has 5 nitrogen and oxygen atoms in total. The first-order valence-electron chi connectivity index (χ1n) is 7.84. The van der Waals surface area contributed by atoms with Crippen LogP contribution >= 0.6 is 15.9 Å². The second kappa shape index (κ2) is 9.27. The molecule has 0 radical (unpaired) electrons. The van der Waals surface area contributed by atoms with Crippen LogP contribution in [0, 0.1) is 11.6 Å². The van der Waals surface area contributed by atoms with Crippen LogP contribution in [0.3, 0.4) is 0 Å². The number of amides is 2. The molecule has 0 aliphatic heterocycles. The standard InChI is InChI=1S/C19H17BrF2N2O3/c1-23-19(26)18(12-3-6-14(21)15(22)10-12)24-17(25)8-4-11-9-13(20)5-7-16(11)27-2/h3-10,18H,1-2H3,(H,23,26)(H,24,25)/b8-4+. The van der Waals surface area contributed by atoms with Crippen molar-refractivity contribution in [2.75, 3.05) is 14.2 Å². The molecule has 1 unspecified atom stereocenters. The van der Waals surface area contributed by atoms with Crippen LogP contribution in [0.5, 0.6) is 5.75 Å². The monoisotopic (exact) mass is 438 g/mol. The predicted molar refractivity (Wildman–Crippen MR) is 101 cm³/mol. The fourth-order valence-corrected chi connectivity index (χ4v) is 2.71. The summed E-state index contributed by atoms with van der Waals surface area (Å²) in [6.45, 7) is 0. The van der Waals surface area contributed by atoms with E-state index in [0.29, 0.717) is 11.3 Å². The summed E-state index contributed by atoms with van der Waals surface area (Å²) in [4.78, 5) is 24.3. The molecule has 2 amide bonds. The number of nitrogens with one attached hydrogen (secondary N) is 2. The van der Waals surface area contributed by atoms with E-state index in [4.69, 9.17) is 4.74 Å². The Morgan fingerprint density at radius 3 is 2.52 bits per heavy atom. The molecule has 0 aromatic heterocycles. The van der Waals surface area contributed by atoms with Gasteiger partial charge in [0.1, 0.15) is 11.8 Å². The fraction of sp³-hybridized carbons (Fsp3) is 0.158. The Bertz CT molecular complexity index is 887. The minimum atomic E-state index is -1.17. The molecule has 0 fully saturated rings. The Kier molecular flexibility index (Phi) is 7.06. The Labute approximate surface area is 163 Å². The third-order valence-corrected chi connectivity index (χ3v) is 4.17. The molecule has 2 N–H and O–H groups in total. The minimum absolute atomic E-state index is 0.120. The van der Waals surface area contributed by atoms with Gasteiger partial charge in [0.15, 0.2) is 11.6 Å². The van der Waals surface area contributed by atoms with E-state index >= 15 is 0 Å². The highest BCUT2D eigenvalue weighted by molar-refractivity contribution is 9.10. The Morgan fingerprint density at radius 2 is 1.89 bits per heavy atom. The second-order valence-corrected chi connectivity index (χ2v) is 6.36. The maximum Gasteiger partial charge on any atom is 0.246 e. The number of halogens is 3. The van der Waals surface area contributed by atoms with E-state index in [2.05, 4.69) is 26.6 Å². The molecule has 2 aromatic rings. The van der Waals surface area contributed by atoms with Gasteiger partial charge in [-0.05, 0) is 42.0 Å². The molecule has 2 aromatic carbocycles. The summed E-state index contributed by atoms with van der Waals surface area (Å²) in [6, 6.07) is 7.11. The number of hydrogen-bond acceptors (Lipinski definition) is 3. The number of ether oxygens (including phenoxy) is 1. The quantitative estimate of drug-likeness (QED) is 0.679. The average molecular weight is 439 g/mol. The van der Waals surface area contributed by atoms with Crippen molar-refractivity contribution in [3.8, 4) is 5.75 Å². The van der Waals surface area contributed by atoms with Gasteiger partial charge in [-0.15, -0.1) is 0 Å². The Morgan fingerprint density at radius 1 is 1.15 bits per heavy atom. The van der Waals surface area contributed by atoms with Crippen LogP contribution in [0.25, 0.3) is 6.08 Å². The molecule has 0 aliphatic carbocycles. The third kappa shape index (κ3) is 5.37. The molecule has 1 atom stereocenters. The van der Waals surface area contributed by atoms with Gasteiger partial charge in [0.05, 0.1) is 7.11 Å². The largest absolute Gasteiger partial charge is 0.496 e. The van der Waals surface area contributed by atoms with Crippen molar-refractivity contribution in [3.63, 3.8) is 0 Å². The smallest absolute Gasteiger partial charge is 0.246 e. The number of hydrogen-bond donors (Lipinski definition) is 2. The zero-order chi connectivity index (χ0) is 20.0. The van der Waals surface area contributed by atoms with E-state index in [0.717, 1.165) is 16.6 Å². The van der Waals surface area contributed by atoms with E-state index in [9.17, 15) is 18.4 Å². The summed E-state index contributed by atoms with van der Waals surface area (Å²) in [6.07, 6.45) is 2.74. The maximum atomic E-state index is 13.5. The number of rotatable bonds is 6. The van der Waals surface area contributed by atoms with Gasteiger partial charge in [-0.25, -0.2) is 8.78 Å². The van der Waals surface area contributed by atoms with E-state index in [1.165, 1.54) is 32.4 Å².